The third-order valence-electron chi connectivity index (χ3n) is 2.66. The number of anilines is 1. The molecule has 0 amide bonds. The summed E-state index contributed by atoms with van der Waals surface area (Å²) < 4.78 is 0.345. The van der Waals surface area contributed by atoms with Gasteiger partial charge in [0.2, 0.25) is 0 Å². The number of nitro groups is 1. The molecule has 2 N–H and O–H groups in total. The zero-order chi connectivity index (χ0) is 13.9. The smallest absolute Gasteiger partial charge is 0.329 e. The molecule has 0 radical (unpaired) electrons. The highest BCUT2D eigenvalue weighted by molar-refractivity contribution is 9.10. The van der Waals surface area contributed by atoms with Crippen molar-refractivity contribution in [2.24, 2.45) is 0 Å². The van der Waals surface area contributed by atoms with Crippen molar-refractivity contribution in [2.75, 3.05) is 5.32 Å². The highest BCUT2D eigenvalue weighted by Crippen LogP contribution is 2.34. The molecule has 0 aliphatic carbocycles. The first-order chi connectivity index (χ1) is 8.31. The van der Waals surface area contributed by atoms with Crippen molar-refractivity contribution in [3.63, 3.8) is 0 Å². The van der Waals surface area contributed by atoms with Gasteiger partial charge in [-0.05, 0) is 29.3 Å². The minimum atomic E-state index is -1.28. The summed E-state index contributed by atoms with van der Waals surface area (Å²) >= 11 is 3.12. The minimum Gasteiger partial charge on any atom is -0.480 e. The topological polar surface area (TPSA) is 105 Å². The number of aliphatic carboxylic acids is 1. The average molecular weight is 318 g/mol. The van der Waals surface area contributed by atoms with E-state index in [1.807, 2.05) is 0 Å². The standard InChI is InChI=1S/C10H12BrN3O4/c1-3-10(2,9(15)16)13-8-6(11)4-12-5-7(8)14(17)18/h4-5H,3H2,1-2H3,(H,12,13)(H,15,16). The van der Waals surface area contributed by atoms with E-state index in [9.17, 15) is 14.9 Å². The Balaban J connectivity index is 3.26. The van der Waals surface area contributed by atoms with Crippen LogP contribution in [0.25, 0.3) is 0 Å². The van der Waals surface area contributed by atoms with Gasteiger partial charge in [-0.2, -0.15) is 0 Å². The van der Waals surface area contributed by atoms with Crippen molar-refractivity contribution in [1.29, 1.82) is 0 Å². The molecule has 0 aromatic carbocycles. The van der Waals surface area contributed by atoms with Crippen LogP contribution < -0.4 is 5.32 Å². The van der Waals surface area contributed by atoms with Gasteiger partial charge in [0.05, 0.1) is 9.40 Å². The number of carbonyl (C=O) groups is 1. The summed E-state index contributed by atoms with van der Waals surface area (Å²) in [6, 6.07) is 0. The summed E-state index contributed by atoms with van der Waals surface area (Å²) in [6.07, 6.45) is 2.71. The fourth-order valence-electron chi connectivity index (χ4n) is 1.26. The highest BCUT2D eigenvalue weighted by atomic mass is 79.9. The second-order valence-corrected chi connectivity index (χ2v) is 4.74. The SMILES string of the molecule is CCC(C)(Nc1c(Br)cncc1[N+](=O)[O-])C(=O)O. The maximum atomic E-state index is 11.2. The second kappa shape index (κ2) is 5.30. The molecule has 0 saturated heterocycles. The van der Waals surface area contributed by atoms with E-state index in [-0.39, 0.29) is 17.8 Å². The molecule has 1 heterocycles. The maximum Gasteiger partial charge on any atom is 0.329 e. The molecule has 0 saturated carbocycles. The summed E-state index contributed by atoms with van der Waals surface area (Å²) in [5.74, 6) is -1.08. The van der Waals surface area contributed by atoms with Crippen LogP contribution in [0.15, 0.2) is 16.9 Å². The molecule has 0 bridgehead atoms. The molecule has 1 aromatic heterocycles. The van der Waals surface area contributed by atoms with Gasteiger partial charge in [0.15, 0.2) is 0 Å². The van der Waals surface area contributed by atoms with Gasteiger partial charge in [-0.15, -0.1) is 0 Å². The zero-order valence-electron chi connectivity index (χ0n) is 9.81. The van der Waals surface area contributed by atoms with Crippen molar-refractivity contribution in [1.82, 2.24) is 4.98 Å². The Morgan fingerprint density at radius 1 is 1.67 bits per heavy atom. The van der Waals surface area contributed by atoms with Crippen LogP contribution in [0.2, 0.25) is 0 Å². The molecule has 0 aliphatic rings. The fourth-order valence-corrected chi connectivity index (χ4v) is 1.68. The van der Waals surface area contributed by atoms with Crippen molar-refractivity contribution in [2.45, 2.75) is 25.8 Å². The molecule has 1 unspecified atom stereocenters. The molecule has 8 heteroatoms. The molecule has 0 aliphatic heterocycles. The summed E-state index contributed by atoms with van der Waals surface area (Å²) in [5, 5.41) is 22.7. The van der Waals surface area contributed by atoms with Gasteiger partial charge in [-0.3, -0.25) is 15.1 Å². The molecule has 7 nitrogen and oxygen atoms in total. The van der Waals surface area contributed by atoms with Gasteiger partial charge in [-0.1, -0.05) is 6.92 Å². The molecule has 1 atom stereocenters. The monoisotopic (exact) mass is 317 g/mol. The van der Waals surface area contributed by atoms with E-state index in [1.54, 1.807) is 6.92 Å². The van der Waals surface area contributed by atoms with E-state index < -0.39 is 16.4 Å². The largest absolute Gasteiger partial charge is 0.480 e. The summed E-state index contributed by atoms with van der Waals surface area (Å²) in [5.41, 5.74) is -1.44. The number of carboxylic acids is 1. The van der Waals surface area contributed by atoms with Gasteiger partial charge in [0.1, 0.15) is 17.4 Å². The van der Waals surface area contributed by atoms with Crippen molar-refractivity contribution in [3.05, 3.63) is 27.0 Å². The molecule has 0 spiro atoms. The Labute approximate surface area is 112 Å². The molecule has 1 rings (SSSR count). The third-order valence-corrected chi connectivity index (χ3v) is 3.26. The predicted molar refractivity (Wildman–Crippen MR) is 68.5 cm³/mol. The summed E-state index contributed by atoms with van der Waals surface area (Å²) in [4.78, 5) is 25.1. The van der Waals surface area contributed by atoms with Crippen LogP contribution in [0.3, 0.4) is 0 Å². The molecule has 1 aromatic rings. The molecular formula is C10H12BrN3O4. The Hall–Kier alpha value is -1.70. The lowest BCUT2D eigenvalue weighted by atomic mass is 9.99. The van der Waals surface area contributed by atoms with E-state index in [0.717, 1.165) is 6.20 Å². The first-order valence-electron chi connectivity index (χ1n) is 5.11. The van der Waals surface area contributed by atoms with Gasteiger partial charge in [0.25, 0.3) is 0 Å². The van der Waals surface area contributed by atoms with Crippen molar-refractivity contribution in [3.8, 4) is 0 Å². The number of hydrogen-bond acceptors (Lipinski definition) is 5. The Kier molecular flexibility index (Phi) is 4.23. The lowest BCUT2D eigenvalue weighted by molar-refractivity contribution is -0.384. The predicted octanol–water partition coefficient (Wildman–Crippen LogP) is 2.42. The van der Waals surface area contributed by atoms with Crippen LogP contribution in [0.5, 0.6) is 0 Å². The number of pyridine rings is 1. The zero-order valence-corrected chi connectivity index (χ0v) is 11.4. The van der Waals surface area contributed by atoms with Crippen LogP contribution in [-0.2, 0) is 4.79 Å². The first kappa shape index (κ1) is 14.4. The van der Waals surface area contributed by atoms with Gasteiger partial charge >= 0.3 is 11.7 Å². The van der Waals surface area contributed by atoms with E-state index >= 15 is 0 Å². The molecule has 98 valence electrons. The summed E-state index contributed by atoms with van der Waals surface area (Å²) in [6.45, 7) is 3.15. The lowest BCUT2D eigenvalue weighted by Crippen LogP contribution is -2.42. The second-order valence-electron chi connectivity index (χ2n) is 3.89. The molecule has 0 fully saturated rings. The van der Waals surface area contributed by atoms with Crippen LogP contribution in [0.1, 0.15) is 20.3 Å². The number of hydrogen-bond donors (Lipinski definition) is 2. The Bertz CT molecular complexity index is 494. The van der Waals surface area contributed by atoms with E-state index in [2.05, 4.69) is 26.2 Å². The summed E-state index contributed by atoms with van der Waals surface area (Å²) in [7, 11) is 0. The van der Waals surface area contributed by atoms with Crippen molar-refractivity contribution >= 4 is 33.3 Å². The number of nitrogens with one attached hydrogen (secondary N) is 1. The van der Waals surface area contributed by atoms with Crippen molar-refractivity contribution < 1.29 is 14.8 Å². The van der Waals surface area contributed by atoms with Gasteiger partial charge in [0, 0.05) is 6.20 Å². The highest BCUT2D eigenvalue weighted by Gasteiger charge is 2.34. The van der Waals surface area contributed by atoms with Crippen LogP contribution in [0, 0.1) is 10.1 Å². The van der Waals surface area contributed by atoms with E-state index in [4.69, 9.17) is 5.11 Å². The normalized spacial score (nSPS) is 13.7. The number of aromatic nitrogens is 1. The lowest BCUT2D eigenvalue weighted by Gasteiger charge is -2.26. The number of rotatable bonds is 5. The first-order valence-corrected chi connectivity index (χ1v) is 5.90. The molecular weight excluding hydrogens is 306 g/mol. The van der Waals surface area contributed by atoms with Gasteiger partial charge in [-0.25, -0.2) is 4.79 Å². The van der Waals surface area contributed by atoms with Gasteiger partial charge < -0.3 is 10.4 Å². The van der Waals surface area contributed by atoms with Crippen LogP contribution in [0.4, 0.5) is 11.4 Å². The fraction of sp³-hybridized carbons (Fsp3) is 0.400. The minimum absolute atomic E-state index is 0.113. The quantitative estimate of drug-likeness (QED) is 0.638. The number of halogens is 1. The van der Waals surface area contributed by atoms with E-state index in [0.29, 0.717) is 4.47 Å². The molecule has 18 heavy (non-hydrogen) atoms. The number of carboxylic acid groups (broad SMARTS) is 1. The van der Waals surface area contributed by atoms with Crippen LogP contribution in [-0.4, -0.2) is 26.5 Å². The van der Waals surface area contributed by atoms with E-state index in [1.165, 1.54) is 13.1 Å². The Morgan fingerprint density at radius 3 is 2.72 bits per heavy atom. The third kappa shape index (κ3) is 2.76. The number of nitrogens with zero attached hydrogens (tertiary/aromatic N) is 2. The van der Waals surface area contributed by atoms with Crippen LogP contribution >= 0.6 is 15.9 Å². The average Bonchev–Trinajstić information content (AvgIpc) is 2.30. The Morgan fingerprint density at radius 2 is 2.28 bits per heavy atom. The maximum absolute atomic E-state index is 11.2.